The van der Waals surface area contributed by atoms with E-state index >= 15 is 0 Å². The summed E-state index contributed by atoms with van der Waals surface area (Å²) < 4.78 is 1.55. The van der Waals surface area contributed by atoms with Crippen LogP contribution in [0.2, 0.25) is 10.0 Å². The fourth-order valence-corrected chi connectivity index (χ4v) is 4.52. The third kappa shape index (κ3) is 5.08. The van der Waals surface area contributed by atoms with Crippen molar-refractivity contribution in [3.05, 3.63) is 92.7 Å². The van der Waals surface area contributed by atoms with E-state index in [9.17, 15) is 9.59 Å². The summed E-state index contributed by atoms with van der Waals surface area (Å²) in [7, 11) is 0. The third-order valence-electron chi connectivity index (χ3n) is 5.12. The molecule has 0 radical (unpaired) electrons. The lowest BCUT2D eigenvalue weighted by Crippen LogP contribution is -2.23. The van der Waals surface area contributed by atoms with Crippen LogP contribution in [-0.2, 0) is 4.79 Å². The number of carbonyl (C=O) groups is 1. The van der Waals surface area contributed by atoms with E-state index in [1.807, 2.05) is 36.4 Å². The fraction of sp³-hybridized carbons (Fsp3) is 0.160. The molecule has 0 saturated carbocycles. The van der Waals surface area contributed by atoms with E-state index in [0.717, 1.165) is 0 Å². The SMILES string of the molecule is CC(C)c1ccc(-n2c(SCC(=O)Nc3cccc(Cl)c3Cl)nc3ccccc3c2=O)cc1. The van der Waals surface area contributed by atoms with Crippen LogP contribution < -0.4 is 10.9 Å². The zero-order valence-corrected chi connectivity index (χ0v) is 20.3. The van der Waals surface area contributed by atoms with Crippen LogP contribution in [0.1, 0.15) is 25.3 Å². The third-order valence-corrected chi connectivity index (χ3v) is 6.88. The second kappa shape index (κ2) is 10.00. The fourth-order valence-electron chi connectivity index (χ4n) is 3.36. The Hall–Kier alpha value is -2.80. The maximum absolute atomic E-state index is 13.4. The Bertz CT molecular complexity index is 1390. The van der Waals surface area contributed by atoms with Gasteiger partial charge in [-0.15, -0.1) is 0 Å². The van der Waals surface area contributed by atoms with Crippen LogP contribution in [0.15, 0.2) is 76.7 Å². The highest BCUT2D eigenvalue weighted by atomic mass is 35.5. The van der Waals surface area contributed by atoms with Crippen molar-refractivity contribution in [2.45, 2.75) is 24.9 Å². The quantitative estimate of drug-likeness (QED) is 0.242. The molecule has 0 bridgehead atoms. The molecule has 168 valence electrons. The van der Waals surface area contributed by atoms with Crippen molar-refractivity contribution < 1.29 is 4.79 Å². The molecule has 0 saturated heterocycles. The molecule has 3 aromatic carbocycles. The van der Waals surface area contributed by atoms with Crippen LogP contribution in [0.25, 0.3) is 16.6 Å². The van der Waals surface area contributed by atoms with Crippen LogP contribution in [0.5, 0.6) is 0 Å². The molecule has 8 heteroatoms. The van der Waals surface area contributed by atoms with E-state index in [-0.39, 0.29) is 22.2 Å². The maximum Gasteiger partial charge on any atom is 0.266 e. The standard InChI is InChI=1S/C25H21Cl2N3O2S/c1-15(2)16-10-12-17(13-11-16)30-24(32)18-6-3-4-8-20(18)29-25(30)33-14-22(31)28-21-9-5-7-19(26)23(21)27/h3-13,15H,14H2,1-2H3,(H,28,31). The first kappa shape index (κ1) is 23.4. The first-order chi connectivity index (χ1) is 15.8. The largest absolute Gasteiger partial charge is 0.324 e. The van der Waals surface area contributed by atoms with E-state index in [4.69, 9.17) is 23.2 Å². The molecule has 0 aliphatic carbocycles. The van der Waals surface area contributed by atoms with Crippen LogP contribution in [0, 0.1) is 0 Å². The molecule has 1 heterocycles. The summed E-state index contributed by atoms with van der Waals surface area (Å²) in [5.74, 6) is 0.132. The molecule has 1 aromatic heterocycles. The summed E-state index contributed by atoms with van der Waals surface area (Å²) in [6.07, 6.45) is 0. The predicted octanol–water partition coefficient (Wildman–Crippen LogP) is 6.55. The first-order valence-electron chi connectivity index (χ1n) is 10.3. The molecule has 0 fully saturated rings. The maximum atomic E-state index is 13.4. The second-order valence-corrected chi connectivity index (χ2v) is 9.46. The number of amides is 1. The number of anilines is 1. The van der Waals surface area contributed by atoms with Crippen LogP contribution in [0.4, 0.5) is 5.69 Å². The number of hydrogen-bond acceptors (Lipinski definition) is 4. The van der Waals surface area contributed by atoms with Gasteiger partial charge in [0.2, 0.25) is 5.91 Å². The molecule has 33 heavy (non-hydrogen) atoms. The Morgan fingerprint density at radius 2 is 1.76 bits per heavy atom. The van der Waals surface area contributed by atoms with Crippen molar-refractivity contribution in [2.24, 2.45) is 0 Å². The molecule has 0 atom stereocenters. The van der Waals surface area contributed by atoms with Crippen molar-refractivity contribution in [1.82, 2.24) is 9.55 Å². The van der Waals surface area contributed by atoms with E-state index in [1.54, 1.807) is 34.9 Å². The number of aromatic nitrogens is 2. The van der Waals surface area contributed by atoms with Gasteiger partial charge in [-0.2, -0.15) is 0 Å². The number of halogens is 2. The summed E-state index contributed by atoms with van der Waals surface area (Å²) >= 11 is 13.4. The van der Waals surface area contributed by atoms with E-state index in [0.29, 0.717) is 38.4 Å². The second-order valence-electron chi connectivity index (χ2n) is 7.74. The molecule has 0 spiro atoms. The first-order valence-corrected chi connectivity index (χ1v) is 12.1. The average Bonchev–Trinajstić information content (AvgIpc) is 2.81. The molecule has 1 amide bonds. The average molecular weight is 498 g/mol. The van der Waals surface area contributed by atoms with E-state index < -0.39 is 0 Å². The van der Waals surface area contributed by atoms with Gasteiger partial charge in [0, 0.05) is 0 Å². The van der Waals surface area contributed by atoms with Gasteiger partial charge in [0.15, 0.2) is 5.16 Å². The number of nitrogens with one attached hydrogen (secondary N) is 1. The van der Waals surface area contributed by atoms with Gasteiger partial charge in [0.1, 0.15) is 0 Å². The molecule has 0 unspecified atom stereocenters. The predicted molar refractivity (Wildman–Crippen MR) is 137 cm³/mol. The molecule has 4 rings (SSSR count). The van der Waals surface area contributed by atoms with Gasteiger partial charge in [-0.1, -0.05) is 79.1 Å². The lowest BCUT2D eigenvalue weighted by atomic mass is 10.0. The van der Waals surface area contributed by atoms with Gasteiger partial charge >= 0.3 is 0 Å². The lowest BCUT2D eigenvalue weighted by molar-refractivity contribution is -0.113. The number of thioether (sulfide) groups is 1. The molecule has 0 aliphatic rings. The summed E-state index contributed by atoms with van der Waals surface area (Å²) in [6.45, 7) is 4.23. The van der Waals surface area contributed by atoms with Gasteiger partial charge in [-0.25, -0.2) is 4.98 Å². The molecule has 1 N–H and O–H groups in total. The van der Waals surface area contributed by atoms with Crippen LogP contribution >= 0.6 is 35.0 Å². The molecular weight excluding hydrogens is 477 g/mol. The van der Waals surface area contributed by atoms with Crippen LogP contribution in [-0.4, -0.2) is 21.2 Å². The number of rotatable bonds is 6. The lowest BCUT2D eigenvalue weighted by Gasteiger charge is -2.14. The topological polar surface area (TPSA) is 64.0 Å². The number of para-hydroxylation sites is 1. The monoisotopic (exact) mass is 497 g/mol. The Morgan fingerprint density at radius 3 is 2.48 bits per heavy atom. The van der Waals surface area contributed by atoms with Crippen molar-refractivity contribution in [2.75, 3.05) is 11.1 Å². The number of fused-ring (bicyclic) bond motifs is 1. The summed E-state index contributed by atoms with van der Waals surface area (Å²) in [6, 6.07) is 20.0. The normalized spacial score (nSPS) is 11.2. The molecule has 0 aliphatic heterocycles. The highest BCUT2D eigenvalue weighted by Gasteiger charge is 2.16. The summed E-state index contributed by atoms with van der Waals surface area (Å²) in [5.41, 5.74) is 2.70. The smallest absolute Gasteiger partial charge is 0.266 e. The highest BCUT2D eigenvalue weighted by molar-refractivity contribution is 7.99. The Balaban J connectivity index is 1.67. The minimum atomic E-state index is -0.284. The number of nitrogens with zero attached hydrogens (tertiary/aromatic N) is 2. The summed E-state index contributed by atoms with van der Waals surface area (Å²) in [4.78, 5) is 30.7. The van der Waals surface area contributed by atoms with Gasteiger partial charge in [-0.3, -0.25) is 14.2 Å². The van der Waals surface area contributed by atoms with Gasteiger partial charge in [-0.05, 0) is 47.9 Å². The van der Waals surface area contributed by atoms with Gasteiger partial charge in [0.05, 0.1) is 38.1 Å². The summed E-state index contributed by atoms with van der Waals surface area (Å²) in [5, 5.41) is 4.35. The zero-order chi connectivity index (χ0) is 23.5. The van der Waals surface area contributed by atoms with Gasteiger partial charge < -0.3 is 5.32 Å². The minimum absolute atomic E-state index is 0.0394. The molecule has 4 aromatic rings. The van der Waals surface area contributed by atoms with Crippen molar-refractivity contribution in [1.29, 1.82) is 0 Å². The molecule has 5 nitrogen and oxygen atoms in total. The Labute approximate surface area is 205 Å². The van der Waals surface area contributed by atoms with Crippen molar-refractivity contribution >= 4 is 57.5 Å². The number of benzene rings is 3. The zero-order valence-electron chi connectivity index (χ0n) is 18.0. The van der Waals surface area contributed by atoms with Crippen LogP contribution in [0.3, 0.4) is 0 Å². The number of hydrogen-bond donors (Lipinski definition) is 1. The Kier molecular flexibility index (Phi) is 7.08. The van der Waals surface area contributed by atoms with Crippen molar-refractivity contribution in [3.8, 4) is 5.69 Å². The van der Waals surface area contributed by atoms with Crippen molar-refractivity contribution in [3.63, 3.8) is 0 Å². The van der Waals surface area contributed by atoms with E-state index in [2.05, 4.69) is 24.1 Å². The van der Waals surface area contributed by atoms with E-state index in [1.165, 1.54) is 17.3 Å². The number of carbonyl (C=O) groups excluding carboxylic acids is 1. The highest BCUT2D eigenvalue weighted by Crippen LogP contribution is 2.30. The Morgan fingerprint density at radius 1 is 1.03 bits per heavy atom. The van der Waals surface area contributed by atoms with Gasteiger partial charge in [0.25, 0.3) is 5.56 Å². The molecular formula is C25H21Cl2N3O2S. The minimum Gasteiger partial charge on any atom is -0.324 e.